The van der Waals surface area contributed by atoms with E-state index < -0.39 is 0 Å². The monoisotopic (exact) mass is 283 g/mol. The molecule has 0 saturated carbocycles. The summed E-state index contributed by atoms with van der Waals surface area (Å²) in [5.41, 5.74) is 1.91. The van der Waals surface area contributed by atoms with E-state index in [0.717, 1.165) is 23.7 Å². The Morgan fingerprint density at radius 3 is 2.50 bits per heavy atom. The second-order valence-corrected chi connectivity index (χ2v) is 4.55. The van der Waals surface area contributed by atoms with Gasteiger partial charge in [-0.1, -0.05) is 41.4 Å². The molecule has 1 unspecified atom stereocenters. The van der Waals surface area contributed by atoms with Crippen molar-refractivity contribution in [1.82, 2.24) is 5.32 Å². The molecule has 0 heterocycles. The standard InChI is InChI=1S/C13H18BrNO/c1-3-4-10(2)15-13(16)12-7-5-11(9-14)6-8-12/h5-8,10H,3-4,9H2,1-2H3,(H,15,16). The van der Waals surface area contributed by atoms with Crippen molar-refractivity contribution in [2.75, 3.05) is 0 Å². The molecule has 1 atom stereocenters. The molecule has 2 nitrogen and oxygen atoms in total. The van der Waals surface area contributed by atoms with Crippen molar-refractivity contribution in [1.29, 1.82) is 0 Å². The Bertz CT molecular complexity index is 334. The van der Waals surface area contributed by atoms with Gasteiger partial charge in [0.1, 0.15) is 0 Å². The van der Waals surface area contributed by atoms with Crippen molar-refractivity contribution < 1.29 is 4.79 Å². The molecule has 3 heteroatoms. The van der Waals surface area contributed by atoms with Crippen LogP contribution in [-0.4, -0.2) is 11.9 Å². The summed E-state index contributed by atoms with van der Waals surface area (Å²) in [5.74, 6) is 0.0158. The van der Waals surface area contributed by atoms with Gasteiger partial charge in [-0.3, -0.25) is 4.79 Å². The Balaban J connectivity index is 2.59. The van der Waals surface area contributed by atoms with Crippen LogP contribution in [0, 0.1) is 0 Å². The number of amides is 1. The van der Waals surface area contributed by atoms with Crippen LogP contribution in [0.25, 0.3) is 0 Å². The van der Waals surface area contributed by atoms with E-state index in [-0.39, 0.29) is 11.9 Å². The maximum atomic E-state index is 11.8. The van der Waals surface area contributed by atoms with Gasteiger partial charge in [-0.05, 0) is 31.0 Å². The highest BCUT2D eigenvalue weighted by atomic mass is 79.9. The lowest BCUT2D eigenvalue weighted by Crippen LogP contribution is -2.32. The summed E-state index contributed by atoms with van der Waals surface area (Å²) in [6, 6.07) is 7.91. The van der Waals surface area contributed by atoms with Crippen LogP contribution >= 0.6 is 15.9 Å². The molecular weight excluding hydrogens is 266 g/mol. The summed E-state index contributed by atoms with van der Waals surface area (Å²) in [4.78, 5) is 11.8. The van der Waals surface area contributed by atoms with Gasteiger partial charge < -0.3 is 5.32 Å². The van der Waals surface area contributed by atoms with Crippen molar-refractivity contribution in [2.24, 2.45) is 0 Å². The Morgan fingerprint density at radius 1 is 1.38 bits per heavy atom. The summed E-state index contributed by atoms with van der Waals surface area (Å²) in [7, 11) is 0. The molecule has 1 N–H and O–H groups in total. The summed E-state index contributed by atoms with van der Waals surface area (Å²) >= 11 is 3.38. The molecule has 1 rings (SSSR count). The van der Waals surface area contributed by atoms with Crippen LogP contribution in [0.3, 0.4) is 0 Å². The van der Waals surface area contributed by atoms with Crippen molar-refractivity contribution >= 4 is 21.8 Å². The average Bonchev–Trinajstić information content (AvgIpc) is 2.29. The molecule has 1 aromatic rings. The van der Waals surface area contributed by atoms with Crippen molar-refractivity contribution in [3.8, 4) is 0 Å². The first-order chi connectivity index (χ1) is 7.67. The molecular formula is C13H18BrNO. The van der Waals surface area contributed by atoms with Gasteiger partial charge in [-0.25, -0.2) is 0 Å². The number of rotatable bonds is 5. The Labute approximate surface area is 106 Å². The predicted molar refractivity (Wildman–Crippen MR) is 70.9 cm³/mol. The van der Waals surface area contributed by atoms with Gasteiger partial charge >= 0.3 is 0 Å². The molecule has 0 spiro atoms. The van der Waals surface area contributed by atoms with E-state index in [1.54, 1.807) is 0 Å². The van der Waals surface area contributed by atoms with Crippen LogP contribution in [0.2, 0.25) is 0 Å². The van der Waals surface area contributed by atoms with Gasteiger partial charge in [0.2, 0.25) is 0 Å². The Hall–Kier alpha value is -0.830. The molecule has 0 aromatic heterocycles. The molecule has 0 aliphatic heterocycles. The van der Waals surface area contributed by atoms with Gasteiger partial charge in [-0.2, -0.15) is 0 Å². The van der Waals surface area contributed by atoms with Gasteiger partial charge in [-0.15, -0.1) is 0 Å². The Kier molecular flexibility index (Phi) is 5.53. The average molecular weight is 284 g/mol. The molecule has 0 aliphatic rings. The number of nitrogens with one attached hydrogen (secondary N) is 1. The number of alkyl halides is 1. The number of carbonyl (C=O) groups is 1. The zero-order chi connectivity index (χ0) is 12.0. The van der Waals surface area contributed by atoms with Gasteiger partial charge in [0.15, 0.2) is 0 Å². The summed E-state index contributed by atoms with van der Waals surface area (Å²) in [5, 5.41) is 3.80. The minimum Gasteiger partial charge on any atom is -0.350 e. The highest BCUT2D eigenvalue weighted by Crippen LogP contribution is 2.08. The van der Waals surface area contributed by atoms with Crippen LogP contribution < -0.4 is 5.32 Å². The minimum absolute atomic E-state index is 0.0158. The van der Waals surface area contributed by atoms with E-state index in [0.29, 0.717) is 0 Å². The maximum absolute atomic E-state index is 11.8. The second kappa shape index (κ2) is 6.69. The molecule has 1 amide bonds. The lowest BCUT2D eigenvalue weighted by Gasteiger charge is -2.12. The molecule has 0 bridgehead atoms. The topological polar surface area (TPSA) is 29.1 Å². The molecule has 0 radical (unpaired) electrons. The highest BCUT2D eigenvalue weighted by molar-refractivity contribution is 9.08. The van der Waals surface area contributed by atoms with Crippen molar-refractivity contribution in [3.05, 3.63) is 35.4 Å². The lowest BCUT2D eigenvalue weighted by molar-refractivity contribution is 0.0938. The third kappa shape index (κ3) is 3.97. The molecule has 0 fully saturated rings. The fourth-order valence-electron chi connectivity index (χ4n) is 1.56. The van der Waals surface area contributed by atoms with Crippen LogP contribution in [0.15, 0.2) is 24.3 Å². The van der Waals surface area contributed by atoms with Crippen molar-refractivity contribution in [2.45, 2.75) is 38.1 Å². The van der Waals surface area contributed by atoms with Gasteiger partial charge in [0, 0.05) is 16.9 Å². The van der Waals surface area contributed by atoms with E-state index in [2.05, 4.69) is 28.2 Å². The van der Waals surface area contributed by atoms with E-state index in [1.165, 1.54) is 5.56 Å². The summed E-state index contributed by atoms with van der Waals surface area (Å²) in [6.07, 6.45) is 2.11. The second-order valence-electron chi connectivity index (χ2n) is 3.99. The van der Waals surface area contributed by atoms with E-state index in [1.807, 2.05) is 31.2 Å². The first-order valence-corrected chi connectivity index (χ1v) is 6.75. The van der Waals surface area contributed by atoms with Crippen LogP contribution in [0.5, 0.6) is 0 Å². The molecule has 16 heavy (non-hydrogen) atoms. The number of hydrogen-bond donors (Lipinski definition) is 1. The third-order valence-corrected chi connectivity index (χ3v) is 3.12. The SMILES string of the molecule is CCCC(C)NC(=O)c1ccc(CBr)cc1. The summed E-state index contributed by atoms with van der Waals surface area (Å²) < 4.78 is 0. The molecule has 88 valence electrons. The quantitative estimate of drug-likeness (QED) is 0.824. The lowest BCUT2D eigenvalue weighted by atomic mass is 10.1. The van der Waals surface area contributed by atoms with Gasteiger partial charge in [0.25, 0.3) is 5.91 Å². The first-order valence-electron chi connectivity index (χ1n) is 5.63. The van der Waals surface area contributed by atoms with Crippen LogP contribution in [0.1, 0.15) is 42.6 Å². The fourth-order valence-corrected chi connectivity index (χ4v) is 1.93. The minimum atomic E-state index is 0.0158. The number of carbonyl (C=O) groups excluding carboxylic acids is 1. The predicted octanol–water partition coefficient (Wildman–Crippen LogP) is 3.50. The zero-order valence-corrected chi connectivity index (χ0v) is 11.4. The van der Waals surface area contributed by atoms with E-state index in [4.69, 9.17) is 0 Å². The number of halogens is 1. The summed E-state index contributed by atoms with van der Waals surface area (Å²) in [6.45, 7) is 4.15. The first kappa shape index (κ1) is 13.2. The zero-order valence-electron chi connectivity index (χ0n) is 9.79. The molecule has 0 aliphatic carbocycles. The smallest absolute Gasteiger partial charge is 0.251 e. The third-order valence-electron chi connectivity index (χ3n) is 2.47. The van der Waals surface area contributed by atoms with E-state index in [9.17, 15) is 4.79 Å². The maximum Gasteiger partial charge on any atom is 0.251 e. The molecule has 1 aromatic carbocycles. The van der Waals surface area contributed by atoms with E-state index >= 15 is 0 Å². The van der Waals surface area contributed by atoms with Crippen LogP contribution in [0.4, 0.5) is 0 Å². The van der Waals surface area contributed by atoms with Crippen molar-refractivity contribution in [3.63, 3.8) is 0 Å². The number of benzene rings is 1. The molecule has 0 saturated heterocycles. The Morgan fingerprint density at radius 2 is 2.00 bits per heavy atom. The largest absolute Gasteiger partial charge is 0.350 e. The normalized spacial score (nSPS) is 12.2. The fraction of sp³-hybridized carbons (Fsp3) is 0.462. The highest BCUT2D eigenvalue weighted by Gasteiger charge is 2.08. The van der Waals surface area contributed by atoms with Crippen LogP contribution in [-0.2, 0) is 5.33 Å². The number of hydrogen-bond acceptors (Lipinski definition) is 1. The van der Waals surface area contributed by atoms with Gasteiger partial charge in [0.05, 0.1) is 0 Å².